The van der Waals surface area contributed by atoms with Crippen LogP contribution in [0, 0.1) is 17.3 Å². The Kier molecular flexibility index (Phi) is 7.30. The zero-order chi connectivity index (χ0) is 11.9. The molecule has 0 aromatic heterocycles. The van der Waals surface area contributed by atoms with E-state index in [1.165, 1.54) is 38.5 Å². The van der Waals surface area contributed by atoms with Gasteiger partial charge in [-0.1, -0.05) is 67.2 Å². The third-order valence-corrected chi connectivity index (χ3v) is 3.68. The molecule has 15 heavy (non-hydrogen) atoms. The first-order chi connectivity index (χ1) is 6.95. The Morgan fingerprint density at radius 3 is 1.87 bits per heavy atom. The molecule has 0 nitrogen and oxygen atoms in total. The molecule has 0 aliphatic rings. The lowest BCUT2D eigenvalue weighted by atomic mass is 9.74. The molecular formula is C15H32. The van der Waals surface area contributed by atoms with Gasteiger partial charge < -0.3 is 0 Å². The Morgan fingerprint density at radius 1 is 0.933 bits per heavy atom. The fraction of sp³-hybridized carbons (Fsp3) is 1.00. The first kappa shape index (κ1) is 15.0. The molecule has 1 unspecified atom stereocenters. The number of hydrogen-bond donors (Lipinski definition) is 0. The first-order valence-corrected chi connectivity index (χ1v) is 6.95. The van der Waals surface area contributed by atoms with Crippen LogP contribution in [0.25, 0.3) is 0 Å². The third-order valence-electron chi connectivity index (χ3n) is 3.68. The van der Waals surface area contributed by atoms with E-state index in [0.717, 1.165) is 11.8 Å². The van der Waals surface area contributed by atoms with E-state index in [-0.39, 0.29) is 0 Å². The molecule has 0 saturated carbocycles. The van der Waals surface area contributed by atoms with E-state index in [1.807, 2.05) is 0 Å². The van der Waals surface area contributed by atoms with E-state index in [2.05, 4.69) is 41.5 Å². The third kappa shape index (κ3) is 6.98. The average Bonchev–Trinajstić information content (AvgIpc) is 2.13. The molecule has 0 aromatic rings. The maximum absolute atomic E-state index is 2.46. The standard InChI is InChI=1S/C15H32/c1-7-10-13(4)11-15(5,6)12-14(8-2)9-3/h13-14H,7-12H2,1-6H3. The van der Waals surface area contributed by atoms with Crippen molar-refractivity contribution in [1.82, 2.24) is 0 Å². The fourth-order valence-corrected chi connectivity index (χ4v) is 2.98. The Labute approximate surface area is 97.8 Å². The van der Waals surface area contributed by atoms with Gasteiger partial charge >= 0.3 is 0 Å². The van der Waals surface area contributed by atoms with Crippen LogP contribution in [0.15, 0.2) is 0 Å². The molecule has 92 valence electrons. The topological polar surface area (TPSA) is 0 Å². The van der Waals surface area contributed by atoms with Crippen LogP contribution < -0.4 is 0 Å². The lowest BCUT2D eigenvalue weighted by molar-refractivity contribution is 0.202. The van der Waals surface area contributed by atoms with E-state index >= 15 is 0 Å². The van der Waals surface area contributed by atoms with Gasteiger partial charge in [-0.3, -0.25) is 0 Å². The molecule has 0 spiro atoms. The molecule has 0 saturated heterocycles. The minimum absolute atomic E-state index is 0.547. The van der Waals surface area contributed by atoms with E-state index in [1.54, 1.807) is 0 Å². The van der Waals surface area contributed by atoms with Crippen molar-refractivity contribution in [1.29, 1.82) is 0 Å². The minimum Gasteiger partial charge on any atom is -0.0654 e. The van der Waals surface area contributed by atoms with Crippen LogP contribution in [0.5, 0.6) is 0 Å². The summed E-state index contributed by atoms with van der Waals surface area (Å²) < 4.78 is 0. The van der Waals surface area contributed by atoms with Gasteiger partial charge in [-0.05, 0) is 30.1 Å². The molecule has 0 amide bonds. The Bertz CT molecular complexity index is 142. The number of rotatable bonds is 8. The van der Waals surface area contributed by atoms with Crippen molar-refractivity contribution in [2.75, 3.05) is 0 Å². The van der Waals surface area contributed by atoms with Crippen molar-refractivity contribution >= 4 is 0 Å². The van der Waals surface area contributed by atoms with E-state index < -0.39 is 0 Å². The minimum atomic E-state index is 0.547. The molecule has 0 radical (unpaired) electrons. The summed E-state index contributed by atoms with van der Waals surface area (Å²) in [6.07, 6.45) is 8.24. The van der Waals surface area contributed by atoms with Crippen LogP contribution in [0.4, 0.5) is 0 Å². The van der Waals surface area contributed by atoms with Crippen molar-refractivity contribution in [2.45, 2.75) is 80.1 Å². The molecular weight excluding hydrogens is 180 g/mol. The molecule has 0 aliphatic carbocycles. The van der Waals surface area contributed by atoms with Crippen LogP contribution in [-0.2, 0) is 0 Å². The highest BCUT2D eigenvalue weighted by Gasteiger charge is 2.23. The van der Waals surface area contributed by atoms with Gasteiger partial charge in [-0.2, -0.15) is 0 Å². The summed E-state index contributed by atoms with van der Waals surface area (Å²) in [5.41, 5.74) is 0.547. The summed E-state index contributed by atoms with van der Waals surface area (Å²) in [5, 5.41) is 0. The largest absolute Gasteiger partial charge is 0.0654 e. The smallest absolute Gasteiger partial charge is 0.0349 e. The maximum atomic E-state index is 2.46. The zero-order valence-electron chi connectivity index (χ0n) is 11.9. The summed E-state index contributed by atoms with van der Waals surface area (Å²) in [6.45, 7) is 14.3. The molecule has 0 heteroatoms. The van der Waals surface area contributed by atoms with Crippen LogP contribution >= 0.6 is 0 Å². The van der Waals surface area contributed by atoms with Crippen molar-refractivity contribution < 1.29 is 0 Å². The molecule has 0 N–H and O–H groups in total. The van der Waals surface area contributed by atoms with Gasteiger partial charge in [0, 0.05) is 0 Å². The molecule has 0 aromatic carbocycles. The number of hydrogen-bond acceptors (Lipinski definition) is 0. The molecule has 0 fully saturated rings. The van der Waals surface area contributed by atoms with Gasteiger partial charge in [-0.25, -0.2) is 0 Å². The predicted octanol–water partition coefficient (Wildman–Crippen LogP) is 5.67. The fourth-order valence-electron chi connectivity index (χ4n) is 2.98. The van der Waals surface area contributed by atoms with Crippen molar-refractivity contribution in [3.05, 3.63) is 0 Å². The highest BCUT2D eigenvalue weighted by Crippen LogP contribution is 2.35. The van der Waals surface area contributed by atoms with Gasteiger partial charge in [-0.15, -0.1) is 0 Å². The Balaban J connectivity index is 4.04. The maximum Gasteiger partial charge on any atom is -0.0349 e. The summed E-state index contributed by atoms with van der Waals surface area (Å²) in [4.78, 5) is 0. The van der Waals surface area contributed by atoms with Gasteiger partial charge in [0.1, 0.15) is 0 Å². The second-order valence-electron chi connectivity index (χ2n) is 6.15. The summed E-state index contributed by atoms with van der Waals surface area (Å²) in [6, 6.07) is 0. The Morgan fingerprint density at radius 2 is 1.47 bits per heavy atom. The highest BCUT2D eigenvalue weighted by atomic mass is 14.3. The SMILES string of the molecule is CCCC(C)CC(C)(C)CC(CC)CC. The van der Waals surface area contributed by atoms with Gasteiger partial charge in [0.2, 0.25) is 0 Å². The summed E-state index contributed by atoms with van der Waals surface area (Å²) in [7, 11) is 0. The second-order valence-corrected chi connectivity index (χ2v) is 6.15. The first-order valence-electron chi connectivity index (χ1n) is 6.95. The van der Waals surface area contributed by atoms with Crippen molar-refractivity contribution in [3.63, 3.8) is 0 Å². The average molecular weight is 212 g/mol. The second kappa shape index (κ2) is 7.30. The van der Waals surface area contributed by atoms with E-state index in [9.17, 15) is 0 Å². The quantitative estimate of drug-likeness (QED) is 0.486. The molecule has 0 heterocycles. The van der Waals surface area contributed by atoms with Crippen LogP contribution in [-0.4, -0.2) is 0 Å². The van der Waals surface area contributed by atoms with Gasteiger partial charge in [0.15, 0.2) is 0 Å². The highest BCUT2D eigenvalue weighted by molar-refractivity contribution is 4.75. The molecule has 0 aliphatic heterocycles. The van der Waals surface area contributed by atoms with Crippen molar-refractivity contribution in [3.8, 4) is 0 Å². The van der Waals surface area contributed by atoms with Crippen LogP contribution in [0.3, 0.4) is 0 Å². The van der Waals surface area contributed by atoms with Crippen LogP contribution in [0.1, 0.15) is 80.1 Å². The normalized spacial score (nSPS) is 14.6. The van der Waals surface area contributed by atoms with E-state index in [4.69, 9.17) is 0 Å². The lowest BCUT2D eigenvalue weighted by Crippen LogP contribution is -2.19. The molecule has 0 bridgehead atoms. The summed E-state index contributed by atoms with van der Waals surface area (Å²) in [5.74, 6) is 1.84. The van der Waals surface area contributed by atoms with Crippen molar-refractivity contribution in [2.24, 2.45) is 17.3 Å². The monoisotopic (exact) mass is 212 g/mol. The Hall–Kier alpha value is 0. The zero-order valence-corrected chi connectivity index (χ0v) is 11.9. The van der Waals surface area contributed by atoms with E-state index in [0.29, 0.717) is 5.41 Å². The lowest BCUT2D eigenvalue weighted by Gasteiger charge is -2.31. The van der Waals surface area contributed by atoms with Crippen LogP contribution in [0.2, 0.25) is 0 Å². The summed E-state index contributed by atoms with van der Waals surface area (Å²) >= 11 is 0. The predicted molar refractivity (Wildman–Crippen MR) is 71.2 cm³/mol. The van der Waals surface area contributed by atoms with Gasteiger partial charge in [0.05, 0.1) is 0 Å². The molecule has 1 atom stereocenters. The molecule has 0 rings (SSSR count). The van der Waals surface area contributed by atoms with Gasteiger partial charge in [0.25, 0.3) is 0 Å².